The molecular formula is C32H32ClN5O9. The number of fused-ring (bicyclic) bond motifs is 1. The van der Waals surface area contributed by atoms with Gasteiger partial charge in [-0.05, 0) is 60.4 Å². The third-order valence-corrected chi connectivity index (χ3v) is 7.71. The van der Waals surface area contributed by atoms with Gasteiger partial charge in [0.15, 0.2) is 6.73 Å². The Morgan fingerprint density at radius 2 is 1.77 bits per heavy atom. The number of ether oxygens (including phenoxy) is 2. The van der Waals surface area contributed by atoms with Crippen LogP contribution >= 0.6 is 11.6 Å². The molecule has 0 aromatic heterocycles. The fourth-order valence-electron chi connectivity index (χ4n) is 4.91. The van der Waals surface area contributed by atoms with E-state index >= 15 is 0 Å². The largest absolute Gasteiger partial charge is 0.515 e. The molecule has 2 aliphatic rings. The second-order valence-corrected chi connectivity index (χ2v) is 10.7. The van der Waals surface area contributed by atoms with Gasteiger partial charge >= 0.3 is 12.2 Å². The molecule has 0 aliphatic carbocycles. The van der Waals surface area contributed by atoms with Crippen LogP contribution in [0.5, 0.6) is 5.75 Å². The lowest BCUT2D eigenvalue weighted by Crippen LogP contribution is -2.55. The number of aryl methyl sites for hydroxylation is 1. The van der Waals surface area contributed by atoms with Crippen molar-refractivity contribution >= 4 is 52.9 Å². The average molecular weight is 666 g/mol. The number of amides is 5. The van der Waals surface area contributed by atoms with Crippen molar-refractivity contribution in [2.75, 3.05) is 12.0 Å². The van der Waals surface area contributed by atoms with Crippen LogP contribution in [-0.2, 0) is 27.4 Å². The van der Waals surface area contributed by atoms with E-state index in [9.17, 15) is 34.1 Å². The lowest BCUT2D eigenvalue weighted by molar-refractivity contribution is -0.384. The zero-order valence-electron chi connectivity index (χ0n) is 25.8. The first-order chi connectivity index (χ1) is 22.5. The summed E-state index contributed by atoms with van der Waals surface area (Å²) < 4.78 is 9.90. The molecule has 5 amide bonds. The third-order valence-electron chi connectivity index (χ3n) is 7.30. The van der Waals surface area contributed by atoms with Crippen molar-refractivity contribution < 1.29 is 38.4 Å². The van der Waals surface area contributed by atoms with Crippen LogP contribution in [-0.4, -0.2) is 57.4 Å². The SMILES string of the molecule is CC.Cc1ccc(NC(=O)NCc2ccc3c(c2)CN(C2CCC(=O)N(COC(=O)Oc4ccc([N+](=O)[O-])cc4)C2=O)C3=O)cc1Cl. The Hall–Kier alpha value is -5.50. The van der Waals surface area contributed by atoms with E-state index in [1.54, 1.807) is 36.4 Å². The van der Waals surface area contributed by atoms with E-state index in [1.807, 2.05) is 20.8 Å². The summed E-state index contributed by atoms with van der Waals surface area (Å²) in [5, 5.41) is 16.8. The molecule has 2 N–H and O–H groups in total. The standard InChI is InChI=1S/C30H26ClN5O9.C2H6/c1-17-2-4-20(13-24(17)31)33-29(40)32-14-18-3-9-23-19(12-18)15-34(27(23)38)25-10-11-26(37)35(28(25)39)16-44-30(41)45-22-7-5-21(6-8-22)36(42)43;1-2/h2-9,12-13,25H,10-11,14-16H2,1H3,(H2,32,33,40);1-2H3. The molecule has 5 rings (SSSR count). The van der Waals surface area contributed by atoms with Crippen LogP contribution in [0.4, 0.5) is 21.0 Å². The van der Waals surface area contributed by atoms with Crippen molar-refractivity contribution in [3.63, 3.8) is 0 Å². The van der Waals surface area contributed by atoms with Crippen LogP contribution < -0.4 is 15.4 Å². The van der Waals surface area contributed by atoms with Gasteiger partial charge in [0, 0.05) is 47.9 Å². The minimum atomic E-state index is -1.23. The molecule has 0 bridgehead atoms. The Kier molecular flexibility index (Phi) is 11.1. The van der Waals surface area contributed by atoms with Gasteiger partial charge in [-0.3, -0.25) is 24.5 Å². The molecule has 1 fully saturated rings. The van der Waals surface area contributed by atoms with E-state index in [1.165, 1.54) is 17.0 Å². The maximum absolute atomic E-state index is 13.3. The smallest absolute Gasteiger partial charge is 0.412 e. The zero-order chi connectivity index (χ0) is 34.2. The molecule has 15 heteroatoms. The van der Waals surface area contributed by atoms with Gasteiger partial charge in [0.1, 0.15) is 11.8 Å². The predicted octanol–water partition coefficient (Wildman–Crippen LogP) is 5.55. The molecule has 2 heterocycles. The summed E-state index contributed by atoms with van der Waals surface area (Å²) >= 11 is 6.11. The van der Waals surface area contributed by atoms with Crippen molar-refractivity contribution in [2.45, 2.75) is 52.7 Å². The molecule has 47 heavy (non-hydrogen) atoms. The number of likely N-dealkylation sites (tertiary alicyclic amines) is 1. The Labute approximate surface area is 274 Å². The monoisotopic (exact) mass is 665 g/mol. The molecule has 0 radical (unpaired) electrons. The van der Waals surface area contributed by atoms with Crippen molar-refractivity contribution in [1.29, 1.82) is 0 Å². The number of halogens is 1. The fraction of sp³-hybridized carbons (Fsp3) is 0.281. The number of rotatable bonds is 8. The first-order valence-corrected chi connectivity index (χ1v) is 15.0. The van der Waals surface area contributed by atoms with Crippen LogP contribution in [0.15, 0.2) is 60.7 Å². The van der Waals surface area contributed by atoms with E-state index in [-0.39, 0.29) is 43.3 Å². The van der Waals surface area contributed by atoms with E-state index in [0.29, 0.717) is 21.8 Å². The minimum Gasteiger partial charge on any atom is -0.412 e. The summed E-state index contributed by atoms with van der Waals surface area (Å²) in [6.07, 6.45) is -1.19. The maximum atomic E-state index is 13.3. The highest BCUT2D eigenvalue weighted by molar-refractivity contribution is 6.31. The second kappa shape index (κ2) is 15.2. The highest BCUT2D eigenvalue weighted by Crippen LogP contribution is 2.30. The van der Waals surface area contributed by atoms with Crippen molar-refractivity contribution in [3.05, 3.63) is 98.1 Å². The lowest BCUT2D eigenvalue weighted by atomic mass is 10.0. The number of urea groups is 1. The first-order valence-electron chi connectivity index (χ1n) is 14.7. The molecule has 1 saturated heterocycles. The summed E-state index contributed by atoms with van der Waals surface area (Å²) in [5.41, 5.74) is 3.00. The minimum absolute atomic E-state index is 0.0356. The van der Waals surface area contributed by atoms with Gasteiger partial charge in [-0.15, -0.1) is 0 Å². The number of anilines is 1. The molecule has 1 unspecified atom stereocenters. The fourth-order valence-corrected chi connectivity index (χ4v) is 5.09. The molecule has 2 aliphatic heterocycles. The molecule has 0 spiro atoms. The number of carbonyl (C=O) groups excluding carboxylic acids is 5. The Balaban J connectivity index is 0.00000245. The number of carbonyl (C=O) groups is 5. The lowest BCUT2D eigenvalue weighted by Gasteiger charge is -2.34. The van der Waals surface area contributed by atoms with E-state index < -0.39 is 41.7 Å². The highest BCUT2D eigenvalue weighted by Gasteiger charge is 2.43. The second-order valence-electron chi connectivity index (χ2n) is 10.3. The quantitative estimate of drug-likeness (QED) is 0.103. The van der Waals surface area contributed by atoms with Crippen molar-refractivity contribution in [1.82, 2.24) is 15.1 Å². The average Bonchev–Trinajstić information content (AvgIpc) is 3.38. The molecule has 3 aromatic rings. The number of piperidine rings is 1. The van der Waals surface area contributed by atoms with E-state index in [0.717, 1.165) is 28.2 Å². The van der Waals surface area contributed by atoms with Gasteiger partial charge in [0.25, 0.3) is 17.5 Å². The molecule has 0 saturated carbocycles. The van der Waals surface area contributed by atoms with Crippen molar-refractivity contribution in [2.24, 2.45) is 0 Å². The normalized spacial score (nSPS) is 15.3. The molecule has 246 valence electrons. The van der Waals surface area contributed by atoms with Gasteiger partial charge in [-0.1, -0.05) is 43.6 Å². The summed E-state index contributed by atoms with van der Waals surface area (Å²) in [6.45, 7) is 5.40. The number of hydrogen-bond donors (Lipinski definition) is 2. The molecular weight excluding hydrogens is 634 g/mol. The number of nitrogens with one attached hydrogen (secondary N) is 2. The summed E-state index contributed by atoms with van der Waals surface area (Å²) in [4.78, 5) is 75.8. The van der Waals surface area contributed by atoms with Crippen molar-refractivity contribution in [3.8, 4) is 5.75 Å². The number of non-ortho nitro benzene ring substituents is 1. The third kappa shape index (κ3) is 8.21. The van der Waals surface area contributed by atoms with Gasteiger partial charge in [0.05, 0.1) is 4.92 Å². The molecule has 14 nitrogen and oxygen atoms in total. The summed E-state index contributed by atoms with van der Waals surface area (Å²) in [7, 11) is 0. The Morgan fingerprint density at radius 1 is 1.04 bits per heavy atom. The number of hydrogen-bond acceptors (Lipinski definition) is 9. The van der Waals surface area contributed by atoms with Crippen LogP contribution in [0.2, 0.25) is 5.02 Å². The van der Waals surface area contributed by atoms with Gasteiger partial charge in [-0.25, -0.2) is 14.5 Å². The summed E-state index contributed by atoms with van der Waals surface area (Å²) in [6, 6.07) is 13.5. The van der Waals surface area contributed by atoms with E-state index in [2.05, 4.69) is 10.6 Å². The topological polar surface area (TPSA) is 177 Å². The Morgan fingerprint density at radius 3 is 2.45 bits per heavy atom. The maximum Gasteiger partial charge on any atom is 0.515 e. The zero-order valence-corrected chi connectivity index (χ0v) is 26.5. The number of imide groups is 1. The van der Waals surface area contributed by atoms with Gasteiger partial charge in [0.2, 0.25) is 5.91 Å². The van der Waals surface area contributed by atoms with Gasteiger partial charge in [-0.2, -0.15) is 0 Å². The number of nitro groups is 1. The first kappa shape index (κ1) is 34.4. The molecule has 3 aromatic carbocycles. The number of nitrogens with zero attached hydrogens (tertiary/aromatic N) is 3. The number of benzene rings is 3. The van der Waals surface area contributed by atoms with Gasteiger partial charge < -0.3 is 25.0 Å². The van der Waals surface area contributed by atoms with Crippen LogP contribution in [0, 0.1) is 17.0 Å². The van der Waals surface area contributed by atoms with Crippen LogP contribution in [0.1, 0.15) is 53.7 Å². The molecule has 1 atom stereocenters. The van der Waals surface area contributed by atoms with E-state index in [4.69, 9.17) is 21.1 Å². The summed E-state index contributed by atoms with van der Waals surface area (Å²) in [5.74, 6) is -1.70. The Bertz CT molecular complexity index is 1710. The van der Waals surface area contributed by atoms with Crippen LogP contribution in [0.3, 0.4) is 0 Å². The predicted molar refractivity (Wildman–Crippen MR) is 170 cm³/mol. The highest BCUT2D eigenvalue weighted by atomic mass is 35.5. The number of nitro benzene ring substituents is 1. The van der Waals surface area contributed by atoms with Crippen LogP contribution in [0.25, 0.3) is 0 Å².